The normalized spacial score (nSPS) is 43.8. The fourth-order valence-corrected chi connectivity index (χ4v) is 11.0. The van der Waals surface area contributed by atoms with Gasteiger partial charge in [-0.2, -0.15) is 11.8 Å². The molecular weight excluding hydrogens is 991 g/mol. The van der Waals surface area contributed by atoms with Crippen LogP contribution in [0.2, 0.25) is 0 Å². The summed E-state index contributed by atoms with van der Waals surface area (Å²) in [6.07, 6.45) is -25.8. The van der Waals surface area contributed by atoms with Crippen LogP contribution >= 0.6 is 11.8 Å². The van der Waals surface area contributed by atoms with Crippen molar-refractivity contribution in [3.63, 3.8) is 0 Å². The van der Waals surface area contributed by atoms with Crippen molar-refractivity contribution in [1.82, 2.24) is 0 Å². The van der Waals surface area contributed by atoms with Crippen LogP contribution in [0, 0.1) is 23.7 Å². The van der Waals surface area contributed by atoms with Crippen LogP contribution in [0.3, 0.4) is 0 Å². The number of nitrogens with two attached hydrogens (primary N) is 1. The van der Waals surface area contributed by atoms with Gasteiger partial charge in [-0.05, 0) is 43.9 Å². The molecule has 5 heterocycles. The van der Waals surface area contributed by atoms with E-state index in [9.17, 15) is 71.5 Å². The third-order valence-electron chi connectivity index (χ3n) is 14.7. The van der Waals surface area contributed by atoms with Gasteiger partial charge in [-0.25, -0.2) is 0 Å². The predicted octanol–water partition coefficient (Wildman–Crippen LogP) is -5.24. The highest BCUT2D eigenvalue weighted by Crippen LogP contribution is 2.34. The molecular formula is C48H89NO23S. The Morgan fingerprint density at radius 2 is 0.767 bits per heavy atom. The minimum Gasteiger partial charge on any atom is -0.394 e. The van der Waals surface area contributed by atoms with Gasteiger partial charge in [-0.15, -0.1) is 0 Å². The average Bonchev–Trinajstić information content (AvgIpc) is 3.35. The summed E-state index contributed by atoms with van der Waals surface area (Å²) in [4.78, 5) is 0. The quantitative estimate of drug-likeness (QED) is 0.0326. The van der Waals surface area contributed by atoms with Crippen molar-refractivity contribution in [3.8, 4) is 0 Å². The molecule has 5 saturated heterocycles. The lowest BCUT2D eigenvalue weighted by molar-refractivity contribution is -0.247. The van der Waals surface area contributed by atoms with E-state index in [1.54, 1.807) is 0 Å². The first-order chi connectivity index (χ1) is 34.7. The first-order valence-corrected chi connectivity index (χ1v) is 27.2. The third kappa shape index (κ3) is 17.2. The SMILES string of the molecule is CC(C)CCC1OC(COCCC2OC(COCCC3OC(CC(C)C)C(COCC4OC(CO)C(O)C(O)C4COCC4OC(CSCCN)C(O)C(O)C4O)C(O)C3O)C(O)C(O)C2O)C(O)C(O)C1O. The molecule has 0 bridgehead atoms. The van der Waals surface area contributed by atoms with E-state index in [1.165, 1.54) is 11.8 Å². The summed E-state index contributed by atoms with van der Waals surface area (Å²) in [5.74, 6) is -0.314. The van der Waals surface area contributed by atoms with Gasteiger partial charge in [0.2, 0.25) is 0 Å². The molecule has 0 aromatic carbocycles. The van der Waals surface area contributed by atoms with Crippen LogP contribution in [0.5, 0.6) is 0 Å². The van der Waals surface area contributed by atoms with Gasteiger partial charge < -0.3 is 120 Å². The molecule has 25 heteroatoms. The fraction of sp³-hybridized carbons (Fsp3) is 1.00. The number of rotatable bonds is 28. The van der Waals surface area contributed by atoms with Gasteiger partial charge in [-0.1, -0.05) is 27.7 Å². The van der Waals surface area contributed by atoms with Crippen molar-refractivity contribution in [1.29, 1.82) is 0 Å². The zero-order valence-electron chi connectivity index (χ0n) is 42.5. The Kier molecular flexibility index (Phi) is 26.6. The molecule has 0 aromatic rings. The van der Waals surface area contributed by atoms with Crippen molar-refractivity contribution in [2.45, 2.75) is 200 Å². The van der Waals surface area contributed by atoms with Crippen LogP contribution in [-0.4, -0.2) is 289 Å². The van der Waals surface area contributed by atoms with Crippen molar-refractivity contribution in [2.75, 3.05) is 77.5 Å². The van der Waals surface area contributed by atoms with Crippen LogP contribution in [0.4, 0.5) is 0 Å². The van der Waals surface area contributed by atoms with E-state index in [0.29, 0.717) is 36.8 Å². The minimum atomic E-state index is -1.58. The van der Waals surface area contributed by atoms with Crippen LogP contribution in [0.25, 0.3) is 0 Å². The highest BCUT2D eigenvalue weighted by molar-refractivity contribution is 7.99. The van der Waals surface area contributed by atoms with Gasteiger partial charge in [0.05, 0.1) is 95.1 Å². The van der Waals surface area contributed by atoms with Gasteiger partial charge in [0.25, 0.3) is 0 Å². The molecule has 16 N–H and O–H groups in total. The smallest absolute Gasteiger partial charge is 0.111 e. The molecule has 25 atom stereocenters. The molecule has 0 saturated carbocycles. The topological polar surface area (TPSA) is 392 Å². The van der Waals surface area contributed by atoms with Gasteiger partial charge in [0, 0.05) is 43.1 Å². The van der Waals surface area contributed by atoms with E-state index < -0.39 is 159 Å². The summed E-state index contributed by atoms with van der Waals surface area (Å²) in [5.41, 5.74) is 5.57. The van der Waals surface area contributed by atoms with Crippen molar-refractivity contribution >= 4 is 11.8 Å². The summed E-state index contributed by atoms with van der Waals surface area (Å²) in [5, 5.41) is 150. The molecule has 0 spiro atoms. The first-order valence-electron chi connectivity index (χ1n) is 26.0. The number of thioether (sulfide) groups is 1. The van der Waals surface area contributed by atoms with Crippen molar-refractivity contribution in [3.05, 3.63) is 0 Å². The number of aliphatic hydroxyl groups excluding tert-OH is 14. The Morgan fingerprint density at radius 1 is 0.397 bits per heavy atom. The van der Waals surface area contributed by atoms with Crippen LogP contribution in [0.1, 0.15) is 59.8 Å². The predicted molar refractivity (Wildman–Crippen MR) is 258 cm³/mol. The molecule has 0 amide bonds. The zero-order valence-corrected chi connectivity index (χ0v) is 43.3. The number of ether oxygens (including phenoxy) is 9. The van der Waals surface area contributed by atoms with Gasteiger partial charge >= 0.3 is 0 Å². The lowest BCUT2D eigenvalue weighted by Crippen LogP contribution is -2.60. The Balaban J connectivity index is 1.09. The summed E-state index contributed by atoms with van der Waals surface area (Å²) in [7, 11) is 0. The summed E-state index contributed by atoms with van der Waals surface area (Å²) < 4.78 is 53.5. The Labute approximate surface area is 431 Å². The highest BCUT2D eigenvalue weighted by atomic mass is 32.2. The van der Waals surface area contributed by atoms with E-state index in [2.05, 4.69) is 0 Å². The molecule has 0 radical (unpaired) electrons. The maximum Gasteiger partial charge on any atom is 0.111 e. The van der Waals surface area contributed by atoms with Crippen LogP contribution in [-0.2, 0) is 42.6 Å². The molecule has 0 aliphatic carbocycles. The maximum absolute atomic E-state index is 11.5. The molecule has 430 valence electrons. The van der Waals surface area contributed by atoms with Gasteiger partial charge in [-0.3, -0.25) is 0 Å². The second-order valence-corrected chi connectivity index (χ2v) is 22.4. The summed E-state index contributed by atoms with van der Waals surface area (Å²) in [6.45, 7) is 6.60. The zero-order chi connectivity index (χ0) is 53.7. The number of hydrogen-bond acceptors (Lipinski definition) is 25. The molecule has 0 aromatic heterocycles. The monoisotopic (exact) mass is 1080 g/mol. The standard InChI is InChI=1S/C48H89NO23S/c1-22(2)5-6-26-39(54)46(61)42(57)32(69-26)18-65-11-8-28-40(55)47(62)43(58)33(70-28)19-64-10-7-27-38(53)36(51)24(29(68-27)13-23(3)4)15-66-17-31-25(37(52)41(56)30(14-50)71-31)16-67-20-34-44(59)48(63)45(60)35(72-34)21-73-12-9-49/h22-48,50-63H,5-21,49H2,1-4H3. The van der Waals surface area contributed by atoms with Crippen LogP contribution < -0.4 is 5.73 Å². The Bertz CT molecular complexity index is 1530. The summed E-state index contributed by atoms with van der Waals surface area (Å²) >= 11 is 1.42. The minimum absolute atomic E-state index is 0.00946. The number of aliphatic hydroxyl groups is 14. The molecule has 24 nitrogen and oxygen atoms in total. The van der Waals surface area contributed by atoms with E-state index in [-0.39, 0.29) is 71.6 Å². The molecule has 73 heavy (non-hydrogen) atoms. The Hall–Kier alpha value is -0.610. The lowest BCUT2D eigenvalue weighted by Gasteiger charge is -2.45. The number of hydrogen-bond donors (Lipinski definition) is 15. The van der Waals surface area contributed by atoms with E-state index in [0.717, 1.165) is 6.42 Å². The van der Waals surface area contributed by atoms with E-state index >= 15 is 0 Å². The molecule has 5 aliphatic heterocycles. The average molecular weight is 1080 g/mol. The van der Waals surface area contributed by atoms with E-state index in [1.807, 2.05) is 27.7 Å². The maximum atomic E-state index is 11.5. The third-order valence-corrected chi connectivity index (χ3v) is 15.8. The highest BCUT2D eigenvalue weighted by Gasteiger charge is 2.49. The fourth-order valence-electron chi connectivity index (χ4n) is 10.2. The second-order valence-electron chi connectivity index (χ2n) is 21.2. The van der Waals surface area contributed by atoms with E-state index in [4.69, 9.17) is 48.4 Å². The van der Waals surface area contributed by atoms with Crippen molar-refractivity contribution in [2.24, 2.45) is 29.4 Å². The molecule has 5 aliphatic rings. The van der Waals surface area contributed by atoms with Gasteiger partial charge in [0.1, 0.15) is 91.6 Å². The molecule has 5 fully saturated rings. The molecule has 25 unspecified atom stereocenters. The molecule has 5 rings (SSSR count). The first kappa shape index (κ1) is 63.2. The second kappa shape index (κ2) is 30.7. The van der Waals surface area contributed by atoms with Gasteiger partial charge in [0.15, 0.2) is 0 Å². The Morgan fingerprint density at radius 3 is 1.23 bits per heavy atom. The van der Waals surface area contributed by atoms with Crippen molar-refractivity contribution < 1.29 is 114 Å². The van der Waals surface area contributed by atoms with Crippen LogP contribution in [0.15, 0.2) is 0 Å². The summed E-state index contributed by atoms with van der Waals surface area (Å²) in [6, 6.07) is 0. The lowest BCUT2D eigenvalue weighted by atomic mass is 9.83. The largest absolute Gasteiger partial charge is 0.394 e.